The number of likely N-dealkylation sites (N-methyl/N-ethyl adjacent to an activating group) is 1. The van der Waals surface area contributed by atoms with Crippen LogP contribution in [0.1, 0.15) is 33.6 Å². The van der Waals surface area contributed by atoms with Gasteiger partial charge in [-0.1, -0.05) is 37.3 Å². The lowest BCUT2D eigenvalue weighted by atomic mass is 10.0. The summed E-state index contributed by atoms with van der Waals surface area (Å²) in [5.41, 5.74) is -0.390. The van der Waals surface area contributed by atoms with E-state index in [-0.39, 0.29) is 0 Å². The number of unbranched alkanes of at least 4 members (excludes halogenated alkanes) is 1. The molecule has 0 aliphatic carbocycles. The van der Waals surface area contributed by atoms with Crippen LogP contribution in [0.25, 0.3) is 0 Å². The summed E-state index contributed by atoms with van der Waals surface area (Å²) in [6, 6.07) is -0.466. The van der Waals surface area contributed by atoms with Crippen LogP contribution in [-0.2, 0) is 0 Å². The minimum absolute atomic E-state index is 0.390. The first-order valence-electron chi connectivity index (χ1n) is 6.02. The van der Waals surface area contributed by atoms with Crippen LogP contribution in [0.5, 0.6) is 0 Å². The number of nitrogens with one attached hydrogen (secondary N) is 1. The van der Waals surface area contributed by atoms with E-state index >= 15 is 0 Å². The Morgan fingerprint density at radius 3 is 2.72 bits per heavy atom. The highest BCUT2D eigenvalue weighted by molar-refractivity contribution is 8.23. The summed E-state index contributed by atoms with van der Waals surface area (Å²) < 4.78 is 0.686. The first-order chi connectivity index (χ1) is 8.32. The van der Waals surface area contributed by atoms with E-state index in [9.17, 15) is 10.0 Å². The predicted octanol–water partition coefficient (Wildman–Crippen LogP) is 2.26. The molecule has 1 aliphatic rings. The third kappa shape index (κ3) is 3.07. The summed E-state index contributed by atoms with van der Waals surface area (Å²) in [5.74, 6) is 0. The van der Waals surface area contributed by atoms with E-state index in [0.717, 1.165) is 17.9 Å². The van der Waals surface area contributed by atoms with Crippen molar-refractivity contribution in [2.24, 2.45) is 0 Å². The Morgan fingerprint density at radius 2 is 2.28 bits per heavy atom. The summed E-state index contributed by atoms with van der Waals surface area (Å²) in [4.78, 5) is 13.7. The van der Waals surface area contributed by atoms with E-state index in [1.807, 2.05) is 32.7 Å². The number of hydrogen-bond acceptors (Lipinski definition) is 4. The number of rotatable bonds is 4. The molecule has 1 rings (SSSR count). The highest BCUT2D eigenvalue weighted by Crippen LogP contribution is 2.39. The van der Waals surface area contributed by atoms with Gasteiger partial charge in [-0.15, -0.1) is 0 Å². The van der Waals surface area contributed by atoms with Crippen LogP contribution >= 0.6 is 24.0 Å². The quantitative estimate of drug-likeness (QED) is 0.360. The van der Waals surface area contributed by atoms with E-state index in [2.05, 4.69) is 5.32 Å². The number of carbonyl (C=O) groups excluding carboxylic acids is 1. The van der Waals surface area contributed by atoms with Gasteiger partial charge in [0.05, 0.1) is 5.54 Å². The molecule has 5 nitrogen and oxygen atoms in total. The fraction of sp³-hybridized carbons (Fsp3) is 0.818. The van der Waals surface area contributed by atoms with Crippen molar-refractivity contribution in [3.8, 4) is 0 Å². The standard InChI is InChI=1S/C11H21N3O2S2/c1-5-6-7-12-9(15)14(16)8-11(2,3)13(4)10(17)18-8/h8,16H,5-7H2,1-4H3,(H,12,15). The van der Waals surface area contributed by atoms with Crippen LogP contribution in [0, 0.1) is 0 Å². The summed E-state index contributed by atoms with van der Waals surface area (Å²) in [6.07, 6.45) is 1.90. The minimum Gasteiger partial charge on any atom is -0.352 e. The van der Waals surface area contributed by atoms with Gasteiger partial charge >= 0.3 is 6.03 Å². The average Bonchev–Trinajstić information content (AvgIpc) is 2.52. The number of amides is 2. The molecule has 1 heterocycles. The first kappa shape index (κ1) is 15.5. The van der Waals surface area contributed by atoms with Crippen LogP contribution in [-0.4, -0.2) is 50.0 Å². The smallest absolute Gasteiger partial charge is 0.342 e. The number of hydrogen-bond donors (Lipinski definition) is 2. The van der Waals surface area contributed by atoms with Gasteiger partial charge in [-0.25, -0.2) is 4.79 Å². The van der Waals surface area contributed by atoms with Crippen LogP contribution in [0.15, 0.2) is 0 Å². The molecule has 1 fully saturated rings. The Balaban J connectivity index is 2.64. The van der Waals surface area contributed by atoms with Crippen LogP contribution in [0.4, 0.5) is 4.79 Å². The topological polar surface area (TPSA) is 55.8 Å². The molecule has 0 aromatic heterocycles. The second-order valence-electron chi connectivity index (χ2n) is 4.88. The molecule has 0 saturated carbocycles. The zero-order valence-electron chi connectivity index (χ0n) is 11.3. The zero-order chi connectivity index (χ0) is 13.9. The van der Waals surface area contributed by atoms with Gasteiger partial charge < -0.3 is 10.2 Å². The molecule has 18 heavy (non-hydrogen) atoms. The molecule has 0 aromatic rings. The van der Waals surface area contributed by atoms with E-state index in [0.29, 0.717) is 10.9 Å². The summed E-state index contributed by atoms with van der Waals surface area (Å²) in [6.45, 7) is 6.52. The number of hydroxylamine groups is 2. The van der Waals surface area contributed by atoms with E-state index in [1.54, 1.807) is 0 Å². The molecule has 2 N–H and O–H groups in total. The van der Waals surface area contributed by atoms with Gasteiger partial charge in [0.15, 0.2) is 0 Å². The number of thiocarbonyl (C=S) groups is 1. The molecule has 0 spiro atoms. The van der Waals surface area contributed by atoms with Gasteiger partial charge in [0.25, 0.3) is 0 Å². The SMILES string of the molecule is CCCCNC(=O)N(O)C1SC(=S)N(C)C1(C)C. The van der Waals surface area contributed by atoms with Gasteiger partial charge in [0.2, 0.25) is 0 Å². The maximum absolute atomic E-state index is 11.8. The molecule has 0 radical (unpaired) electrons. The number of urea groups is 1. The van der Waals surface area contributed by atoms with E-state index < -0.39 is 16.9 Å². The van der Waals surface area contributed by atoms with Crippen molar-refractivity contribution in [2.45, 2.75) is 44.5 Å². The van der Waals surface area contributed by atoms with Crippen LogP contribution in [0.3, 0.4) is 0 Å². The molecule has 7 heteroatoms. The second-order valence-corrected chi connectivity index (χ2v) is 6.59. The first-order valence-corrected chi connectivity index (χ1v) is 7.31. The molecule has 1 aliphatic heterocycles. The minimum atomic E-state index is -0.466. The summed E-state index contributed by atoms with van der Waals surface area (Å²) >= 11 is 6.53. The van der Waals surface area contributed by atoms with Gasteiger partial charge in [0, 0.05) is 13.6 Å². The Kier molecular flexibility index (Phi) is 5.24. The number of thioether (sulfide) groups is 1. The van der Waals surface area contributed by atoms with Gasteiger partial charge in [-0.2, -0.15) is 5.06 Å². The monoisotopic (exact) mass is 291 g/mol. The highest BCUT2D eigenvalue weighted by atomic mass is 32.2. The zero-order valence-corrected chi connectivity index (χ0v) is 12.9. The van der Waals surface area contributed by atoms with Crippen molar-refractivity contribution < 1.29 is 10.0 Å². The Labute approximate surface area is 118 Å². The molecule has 1 unspecified atom stereocenters. The number of carbonyl (C=O) groups is 1. The second kappa shape index (κ2) is 6.08. The van der Waals surface area contributed by atoms with Crippen LogP contribution < -0.4 is 5.32 Å². The van der Waals surface area contributed by atoms with Gasteiger partial charge in [0.1, 0.15) is 9.69 Å². The highest BCUT2D eigenvalue weighted by Gasteiger charge is 2.47. The lowest BCUT2D eigenvalue weighted by Gasteiger charge is -2.35. The molecule has 2 amide bonds. The van der Waals surface area contributed by atoms with Crippen molar-refractivity contribution in [1.29, 1.82) is 0 Å². The van der Waals surface area contributed by atoms with Gasteiger partial charge in [-0.3, -0.25) is 5.21 Å². The Hall–Kier alpha value is -0.530. The maximum atomic E-state index is 11.8. The van der Waals surface area contributed by atoms with E-state index in [4.69, 9.17) is 12.2 Å². The van der Waals surface area contributed by atoms with Crippen molar-refractivity contribution in [1.82, 2.24) is 15.3 Å². The van der Waals surface area contributed by atoms with Gasteiger partial charge in [-0.05, 0) is 20.3 Å². The largest absolute Gasteiger partial charge is 0.352 e. The Morgan fingerprint density at radius 1 is 1.67 bits per heavy atom. The van der Waals surface area contributed by atoms with E-state index in [1.165, 1.54) is 11.8 Å². The molecule has 0 bridgehead atoms. The molecule has 1 atom stereocenters. The molecule has 104 valence electrons. The fourth-order valence-electron chi connectivity index (χ4n) is 1.63. The Bertz CT molecular complexity index is 336. The van der Waals surface area contributed by atoms with Crippen molar-refractivity contribution in [3.63, 3.8) is 0 Å². The summed E-state index contributed by atoms with van der Waals surface area (Å²) in [7, 11) is 1.87. The third-order valence-corrected chi connectivity index (χ3v) is 5.23. The molecule has 1 saturated heterocycles. The lowest BCUT2D eigenvalue weighted by Crippen LogP contribution is -2.53. The van der Waals surface area contributed by atoms with Crippen LogP contribution in [0.2, 0.25) is 0 Å². The normalized spacial score (nSPS) is 22.2. The number of nitrogens with zero attached hydrogens (tertiary/aromatic N) is 2. The fourth-order valence-corrected chi connectivity index (χ4v) is 3.36. The average molecular weight is 291 g/mol. The molecule has 0 aromatic carbocycles. The lowest BCUT2D eigenvalue weighted by molar-refractivity contribution is -0.0764. The van der Waals surface area contributed by atoms with Crippen molar-refractivity contribution in [2.75, 3.05) is 13.6 Å². The predicted molar refractivity (Wildman–Crippen MR) is 77.8 cm³/mol. The maximum Gasteiger partial charge on any atom is 0.342 e. The van der Waals surface area contributed by atoms with Crippen molar-refractivity contribution >= 4 is 34.3 Å². The third-order valence-electron chi connectivity index (χ3n) is 3.19. The van der Waals surface area contributed by atoms with Crippen molar-refractivity contribution in [3.05, 3.63) is 0 Å². The summed E-state index contributed by atoms with van der Waals surface area (Å²) in [5, 5.41) is 13.1. The molecular weight excluding hydrogens is 270 g/mol. The molecular formula is C11H21N3O2S2.